The standard InChI is InChI=1S/C7H5BF2O/c8-5-2-7(10)6(9)1-4(5)3-11/h1-3H,8H2. The van der Waals surface area contributed by atoms with E-state index in [9.17, 15) is 13.6 Å². The third-order valence-corrected chi connectivity index (χ3v) is 1.44. The van der Waals surface area contributed by atoms with Crippen LogP contribution in [0.4, 0.5) is 8.78 Å². The summed E-state index contributed by atoms with van der Waals surface area (Å²) in [5, 5.41) is 0. The molecule has 0 unspecified atom stereocenters. The first-order chi connectivity index (χ1) is 5.15. The molecular weight excluding hydrogens is 149 g/mol. The van der Waals surface area contributed by atoms with Crippen LogP contribution in [-0.2, 0) is 0 Å². The molecular formula is C7H5BF2O. The highest BCUT2D eigenvalue weighted by atomic mass is 19.2. The van der Waals surface area contributed by atoms with Crippen molar-refractivity contribution in [2.45, 2.75) is 0 Å². The molecule has 0 radical (unpaired) electrons. The van der Waals surface area contributed by atoms with Gasteiger partial charge in [-0.3, -0.25) is 4.79 Å². The van der Waals surface area contributed by atoms with Crippen molar-refractivity contribution < 1.29 is 13.6 Å². The second-order valence-corrected chi connectivity index (χ2v) is 2.24. The Kier molecular flexibility index (Phi) is 2.03. The lowest BCUT2D eigenvalue weighted by Crippen LogP contribution is -2.11. The summed E-state index contributed by atoms with van der Waals surface area (Å²) in [7, 11) is 1.55. The number of carbonyl (C=O) groups excluding carboxylic acids is 1. The summed E-state index contributed by atoms with van der Waals surface area (Å²) in [6.45, 7) is 0. The maximum Gasteiger partial charge on any atom is 0.159 e. The topological polar surface area (TPSA) is 17.1 Å². The molecule has 0 aliphatic carbocycles. The number of carbonyl (C=O) groups is 1. The second kappa shape index (κ2) is 2.82. The molecule has 0 saturated heterocycles. The number of benzene rings is 1. The van der Waals surface area contributed by atoms with Crippen molar-refractivity contribution in [3.05, 3.63) is 29.3 Å². The molecule has 56 valence electrons. The molecule has 0 fully saturated rings. The van der Waals surface area contributed by atoms with E-state index in [0.717, 1.165) is 12.1 Å². The predicted octanol–water partition coefficient (Wildman–Crippen LogP) is 0.0357. The van der Waals surface area contributed by atoms with E-state index in [4.69, 9.17) is 0 Å². The van der Waals surface area contributed by atoms with Crippen molar-refractivity contribution >= 4 is 19.6 Å². The fourth-order valence-electron chi connectivity index (χ4n) is 0.789. The van der Waals surface area contributed by atoms with Gasteiger partial charge in [-0.25, -0.2) is 8.78 Å². The van der Waals surface area contributed by atoms with Crippen LogP contribution in [0.3, 0.4) is 0 Å². The summed E-state index contributed by atoms with van der Waals surface area (Å²) < 4.78 is 24.8. The Morgan fingerprint density at radius 2 is 1.82 bits per heavy atom. The molecule has 0 aromatic heterocycles. The van der Waals surface area contributed by atoms with Gasteiger partial charge in [0.25, 0.3) is 0 Å². The third-order valence-electron chi connectivity index (χ3n) is 1.44. The van der Waals surface area contributed by atoms with E-state index < -0.39 is 11.6 Å². The Hall–Kier alpha value is -1.19. The molecule has 0 saturated carbocycles. The average molecular weight is 154 g/mol. The fraction of sp³-hybridized carbons (Fsp3) is 0. The zero-order chi connectivity index (χ0) is 8.43. The van der Waals surface area contributed by atoms with Gasteiger partial charge in [0, 0.05) is 5.56 Å². The van der Waals surface area contributed by atoms with Crippen LogP contribution in [0, 0.1) is 11.6 Å². The fourth-order valence-corrected chi connectivity index (χ4v) is 0.789. The molecule has 1 aromatic rings. The van der Waals surface area contributed by atoms with E-state index in [1.807, 2.05) is 0 Å². The predicted molar refractivity (Wildman–Crippen MR) is 39.9 cm³/mol. The van der Waals surface area contributed by atoms with Crippen molar-refractivity contribution in [3.8, 4) is 0 Å². The summed E-state index contributed by atoms with van der Waals surface area (Å²) in [4.78, 5) is 10.2. The van der Waals surface area contributed by atoms with Gasteiger partial charge < -0.3 is 0 Å². The van der Waals surface area contributed by atoms with Gasteiger partial charge in [0.2, 0.25) is 0 Å². The number of rotatable bonds is 1. The zero-order valence-electron chi connectivity index (χ0n) is 5.90. The normalized spacial score (nSPS) is 9.64. The minimum absolute atomic E-state index is 0.184. The number of halogens is 2. The van der Waals surface area contributed by atoms with E-state index in [1.54, 1.807) is 7.85 Å². The van der Waals surface area contributed by atoms with Gasteiger partial charge in [0.05, 0.1) is 0 Å². The summed E-state index contributed by atoms with van der Waals surface area (Å²) in [6, 6.07) is 1.89. The van der Waals surface area contributed by atoms with E-state index in [0.29, 0.717) is 11.7 Å². The van der Waals surface area contributed by atoms with Crippen LogP contribution >= 0.6 is 0 Å². The van der Waals surface area contributed by atoms with Gasteiger partial charge in [-0.1, -0.05) is 5.46 Å². The van der Waals surface area contributed by atoms with Gasteiger partial charge in [-0.2, -0.15) is 0 Å². The Labute approximate surface area is 63.4 Å². The molecule has 0 aliphatic heterocycles. The maximum atomic E-state index is 12.4. The van der Waals surface area contributed by atoms with Gasteiger partial charge in [-0.15, -0.1) is 0 Å². The molecule has 0 aliphatic rings. The molecule has 0 amide bonds. The lowest BCUT2D eigenvalue weighted by molar-refractivity contribution is 0.112. The van der Waals surface area contributed by atoms with E-state index >= 15 is 0 Å². The summed E-state index contributed by atoms with van der Waals surface area (Å²) >= 11 is 0. The van der Waals surface area contributed by atoms with Crippen LogP contribution in [0.2, 0.25) is 0 Å². The number of hydrogen-bond donors (Lipinski definition) is 0. The van der Waals surface area contributed by atoms with Gasteiger partial charge in [0.1, 0.15) is 14.1 Å². The van der Waals surface area contributed by atoms with Gasteiger partial charge >= 0.3 is 0 Å². The molecule has 1 aromatic carbocycles. The van der Waals surface area contributed by atoms with Crippen LogP contribution in [0.5, 0.6) is 0 Å². The van der Waals surface area contributed by atoms with Crippen LogP contribution in [0.1, 0.15) is 10.4 Å². The van der Waals surface area contributed by atoms with Crippen molar-refractivity contribution in [1.82, 2.24) is 0 Å². The molecule has 0 bridgehead atoms. The highest BCUT2D eigenvalue weighted by Crippen LogP contribution is 2.03. The lowest BCUT2D eigenvalue weighted by Gasteiger charge is -1.98. The molecule has 4 heteroatoms. The number of hydrogen-bond acceptors (Lipinski definition) is 1. The molecule has 11 heavy (non-hydrogen) atoms. The minimum atomic E-state index is -0.988. The Morgan fingerprint density at radius 3 is 2.36 bits per heavy atom. The van der Waals surface area contributed by atoms with Crippen LogP contribution in [-0.4, -0.2) is 14.1 Å². The van der Waals surface area contributed by atoms with Gasteiger partial charge in [0.15, 0.2) is 11.6 Å². The monoisotopic (exact) mass is 154 g/mol. The highest BCUT2D eigenvalue weighted by molar-refractivity contribution is 6.35. The quantitative estimate of drug-likeness (QED) is 0.412. The largest absolute Gasteiger partial charge is 0.298 e. The first-order valence-electron chi connectivity index (χ1n) is 3.06. The van der Waals surface area contributed by atoms with Gasteiger partial charge in [-0.05, 0) is 12.1 Å². The molecule has 1 rings (SSSR count). The first-order valence-corrected chi connectivity index (χ1v) is 3.06. The minimum Gasteiger partial charge on any atom is -0.298 e. The van der Waals surface area contributed by atoms with Crippen molar-refractivity contribution in [3.63, 3.8) is 0 Å². The third kappa shape index (κ3) is 1.45. The lowest BCUT2D eigenvalue weighted by atomic mass is 9.91. The molecule has 0 atom stereocenters. The maximum absolute atomic E-state index is 12.4. The zero-order valence-corrected chi connectivity index (χ0v) is 5.90. The highest BCUT2D eigenvalue weighted by Gasteiger charge is 2.04. The summed E-state index contributed by atoms with van der Waals surface area (Å²) in [6.07, 6.45) is 0.498. The van der Waals surface area contributed by atoms with Crippen LogP contribution in [0.15, 0.2) is 12.1 Å². The Bertz CT molecular complexity index is 299. The Morgan fingerprint density at radius 1 is 1.27 bits per heavy atom. The SMILES string of the molecule is Bc1cc(F)c(F)cc1C=O. The van der Waals surface area contributed by atoms with Crippen molar-refractivity contribution in [1.29, 1.82) is 0 Å². The Balaban J connectivity index is 3.31. The van der Waals surface area contributed by atoms with E-state index in [-0.39, 0.29) is 5.56 Å². The van der Waals surface area contributed by atoms with Crippen LogP contribution < -0.4 is 5.46 Å². The first kappa shape index (κ1) is 7.92. The average Bonchev–Trinajstić information content (AvgIpc) is 1.97. The summed E-state index contributed by atoms with van der Waals surface area (Å²) in [5.74, 6) is -1.91. The van der Waals surface area contributed by atoms with E-state index in [2.05, 4.69) is 0 Å². The molecule has 1 nitrogen and oxygen atoms in total. The second-order valence-electron chi connectivity index (χ2n) is 2.24. The molecule has 0 N–H and O–H groups in total. The molecule has 0 spiro atoms. The van der Waals surface area contributed by atoms with E-state index in [1.165, 1.54) is 0 Å². The van der Waals surface area contributed by atoms with Crippen molar-refractivity contribution in [2.24, 2.45) is 0 Å². The summed E-state index contributed by atoms with van der Waals surface area (Å²) in [5.41, 5.74) is 0.628. The number of aldehydes is 1. The van der Waals surface area contributed by atoms with Crippen LogP contribution in [0.25, 0.3) is 0 Å². The van der Waals surface area contributed by atoms with Crippen molar-refractivity contribution in [2.75, 3.05) is 0 Å². The molecule has 0 heterocycles. The smallest absolute Gasteiger partial charge is 0.159 e.